The second-order valence-corrected chi connectivity index (χ2v) is 23.6. The van der Waals surface area contributed by atoms with Crippen molar-refractivity contribution in [2.24, 2.45) is 0 Å². The molecular weight excluding hydrogens is 964 g/mol. The summed E-state index contributed by atoms with van der Waals surface area (Å²) in [5.74, 6) is -0.523. The molecule has 0 fully saturated rings. The van der Waals surface area contributed by atoms with Gasteiger partial charge in [0.25, 0.3) is 0 Å². The van der Waals surface area contributed by atoms with E-state index in [-0.39, 0.29) is 31.5 Å². The van der Waals surface area contributed by atoms with Crippen molar-refractivity contribution >= 4 is 19.7 Å². The van der Waals surface area contributed by atoms with Crippen LogP contribution in [-0.2, 0) is 27.9 Å². The Kier molecular flexibility index (Phi) is 53.5. The van der Waals surface area contributed by atoms with Gasteiger partial charge in [-0.2, -0.15) is 0 Å². The summed E-state index contributed by atoms with van der Waals surface area (Å²) in [6.07, 6.45) is 73.0. The highest BCUT2D eigenvalue weighted by Crippen LogP contribution is 2.43. The zero-order valence-corrected chi connectivity index (χ0v) is 51.1. The number of phosphoric ester groups is 1. The largest absolute Gasteiger partial charge is 0.472 e. The van der Waals surface area contributed by atoms with Crippen molar-refractivity contribution in [2.45, 2.75) is 283 Å². The summed E-state index contributed by atoms with van der Waals surface area (Å²) in [7, 11) is 1.48. The third kappa shape index (κ3) is 55.9. The zero-order chi connectivity index (χ0) is 55.7. The lowest BCUT2D eigenvalue weighted by Gasteiger charge is -2.27. The molecule has 0 spiro atoms. The maximum absolute atomic E-state index is 13.5. The highest BCUT2D eigenvalue weighted by molar-refractivity contribution is 7.47. The molecule has 0 aliphatic carbocycles. The molecule has 9 nitrogen and oxygen atoms in total. The van der Waals surface area contributed by atoms with Crippen LogP contribution in [-0.4, -0.2) is 74.3 Å². The first-order chi connectivity index (χ1) is 36.9. The molecule has 0 heterocycles. The quantitative estimate of drug-likeness (QED) is 0.0205. The maximum atomic E-state index is 13.5. The summed E-state index contributed by atoms with van der Waals surface area (Å²) in [5, 5.41) is 3.05. The van der Waals surface area contributed by atoms with Gasteiger partial charge < -0.3 is 19.4 Å². The Balaban J connectivity index is 5.13. The first-order valence-corrected chi connectivity index (χ1v) is 32.9. The van der Waals surface area contributed by atoms with Gasteiger partial charge >= 0.3 is 13.8 Å². The van der Waals surface area contributed by atoms with Crippen LogP contribution >= 0.6 is 7.82 Å². The normalized spacial score (nSPS) is 14.2. The van der Waals surface area contributed by atoms with Gasteiger partial charge in [0.2, 0.25) is 5.91 Å². The van der Waals surface area contributed by atoms with Crippen molar-refractivity contribution in [1.82, 2.24) is 5.32 Å². The molecule has 0 aliphatic heterocycles. The Morgan fingerprint density at radius 3 is 1.29 bits per heavy atom. The van der Waals surface area contributed by atoms with Gasteiger partial charge in [-0.15, -0.1) is 0 Å². The molecule has 0 rings (SSSR count). The number of allylic oxidation sites excluding steroid dienone is 13. The van der Waals surface area contributed by atoms with Crippen LogP contribution < -0.4 is 5.32 Å². The molecule has 0 aromatic carbocycles. The number of nitrogens with one attached hydrogen (secondary N) is 1. The van der Waals surface area contributed by atoms with Gasteiger partial charge in [-0.1, -0.05) is 241 Å². The number of carbonyl (C=O) groups is 2. The zero-order valence-electron chi connectivity index (χ0n) is 50.2. The van der Waals surface area contributed by atoms with Crippen LogP contribution in [0, 0.1) is 0 Å². The minimum atomic E-state index is -4.45. The van der Waals surface area contributed by atoms with Crippen LogP contribution in [0.1, 0.15) is 271 Å². The van der Waals surface area contributed by atoms with E-state index in [4.69, 9.17) is 13.8 Å². The van der Waals surface area contributed by atoms with Crippen molar-refractivity contribution in [2.75, 3.05) is 40.9 Å². The number of esters is 1. The fourth-order valence-corrected chi connectivity index (χ4v) is 9.46. The standard InChI is InChI=1S/C66H119N2O7P/c1-7-10-13-16-19-22-25-27-29-30-31-32-33-34-35-36-37-38-39-41-44-47-50-53-56-59-66(70)75-64(57-54-51-48-45-42-24-21-18-15-12-9-3)63(62-74-76(71,72)73-61-60-68(4,5)6)67-65(69)58-55-52-49-46-43-40-28-26-23-20-17-14-11-8-2/h11,14,19-20,22-23,27,29,31-32,34-35,54,57,63-64H,7-10,12-13,15-18,21,24-26,28,30,33,36-53,55-56,58-62H2,1-6H3,(H-,67,69,71,72)/p+1/b14-11+,22-19-,23-20+,29-27-,32-31-,35-34-,57-54-. The fraction of sp³-hybridized carbons (Fsp3) is 0.758. The fourth-order valence-electron chi connectivity index (χ4n) is 8.73. The molecule has 76 heavy (non-hydrogen) atoms. The van der Waals surface area contributed by atoms with E-state index in [0.717, 1.165) is 116 Å². The predicted molar refractivity (Wildman–Crippen MR) is 328 cm³/mol. The van der Waals surface area contributed by atoms with Gasteiger partial charge in [-0.05, 0) is 102 Å². The number of rotatable bonds is 56. The number of likely N-dealkylation sites (N-methyl/N-ethyl adjacent to an activating group) is 1. The lowest BCUT2D eigenvalue weighted by atomic mass is 10.0. The topological polar surface area (TPSA) is 111 Å². The van der Waals surface area contributed by atoms with E-state index >= 15 is 0 Å². The van der Waals surface area contributed by atoms with Crippen molar-refractivity contribution in [3.63, 3.8) is 0 Å². The van der Waals surface area contributed by atoms with E-state index in [9.17, 15) is 19.0 Å². The van der Waals surface area contributed by atoms with Crippen molar-refractivity contribution in [3.8, 4) is 0 Å². The van der Waals surface area contributed by atoms with Crippen molar-refractivity contribution < 1.29 is 37.3 Å². The highest BCUT2D eigenvalue weighted by atomic mass is 31.2. The van der Waals surface area contributed by atoms with E-state index < -0.39 is 20.0 Å². The third-order valence-corrected chi connectivity index (χ3v) is 14.6. The number of nitrogens with zero attached hydrogens (tertiary/aromatic N) is 1. The molecule has 2 N–H and O–H groups in total. The summed E-state index contributed by atoms with van der Waals surface area (Å²) in [4.78, 5) is 37.7. The molecule has 0 aromatic heterocycles. The summed E-state index contributed by atoms with van der Waals surface area (Å²) in [5.41, 5.74) is 0. The third-order valence-electron chi connectivity index (χ3n) is 13.6. The molecule has 0 bridgehead atoms. The number of carbonyl (C=O) groups excluding carboxylic acids is 2. The van der Waals surface area contributed by atoms with E-state index in [1.165, 1.54) is 122 Å². The Labute approximate surface area is 469 Å². The Morgan fingerprint density at radius 2 is 0.842 bits per heavy atom. The van der Waals surface area contributed by atoms with Crippen molar-refractivity contribution in [1.29, 1.82) is 0 Å². The summed E-state index contributed by atoms with van der Waals surface area (Å²) in [6.45, 7) is 6.86. The second-order valence-electron chi connectivity index (χ2n) is 22.2. The number of amides is 1. The minimum absolute atomic E-state index is 0.0344. The van der Waals surface area contributed by atoms with Gasteiger partial charge in [0.05, 0.1) is 33.8 Å². The highest BCUT2D eigenvalue weighted by Gasteiger charge is 2.30. The predicted octanol–water partition coefficient (Wildman–Crippen LogP) is 19.4. The smallest absolute Gasteiger partial charge is 0.456 e. The Hall–Kier alpha value is -2.81. The van der Waals surface area contributed by atoms with E-state index in [1.54, 1.807) is 0 Å². The number of phosphoric acid groups is 1. The Morgan fingerprint density at radius 1 is 0.474 bits per heavy atom. The summed E-state index contributed by atoms with van der Waals surface area (Å²) in [6, 6.07) is -0.858. The number of hydrogen-bond donors (Lipinski definition) is 2. The minimum Gasteiger partial charge on any atom is -0.456 e. The van der Waals surface area contributed by atoms with E-state index in [1.807, 2.05) is 33.3 Å². The van der Waals surface area contributed by atoms with Crippen LogP contribution in [0.15, 0.2) is 85.1 Å². The molecule has 0 aliphatic rings. The first-order valence-electron chi connectivity index (χ1n) is 31.4. The number of quaternary nitrogens is 1. The average molecular weight is 1080 g/mol. The van der Waals surface area contributed by atoms with Gasteiger partial charge in [-0.25, -0.2) is 4.57 Å². The Bertz CT molecular complexity index is 1580. The van der Waals surface area contributed by atoms with Crippen LogP contribution in [0.4, 0.5) is 0 Å². The lowest BCUT2D eigenvalue weighted by molar-refractivity contribution is -0.870. The number of hydrogen-bond acceptors (Lipinski definition) is 6. The van der Waals surface area contributed by atoms with E-state index in [2.05, 4.69) is 99.0 Å². The van der Waals surface area contributed by atoms with Crippen LogP contribution in [0.2, 0.25) is 0 Å². The summed E-state index contributed by atoms with van der Waals surface area (Å²) >= 11 is 0. The molecule has 1 amide bonds. The molecule has 3 atom stereocenters. The first kappa shape index (κ1) is 73.2. The number of ether oxygens (including phenoxy) is 1. The molecule has 0 radical (unpaired) electrons. The van der Waals surface area contributed by atoms with Crippen LogP contribution in [0.25, 0.3) is 0 Å². The molecule has 0 saturated heterocycles. The SMILES string of the molecule is CC/C=C/C/C=C/CCCCCCCCCC(=O)NC(COP(=O)(O)OCC[N+](C)(C)C)C(/C=C\CCCCCCCCCCC)OC(=O)CCCCCCCCCCC/C=C\C/C=C\C/C=C\C/C=C\CCCCC. The van der Waals surface area contributed by atoms with Crippen LogP contribution in [0.5, 0.6) is 0 Å². The van der Waals surface area contributed by atoms with Gasteiger partial charge in [0.1, 0.15) is 19.3 Å². The van der Waals surface area contributed by atoms with E-state index in [0.29, 0.717) is 17.4 Å². The molecule has 440 valence electrons. The molecule has 3 unspecified atom stereocenters. The summed E-state index contributed by atoms with van der Waals surface area (Å²) < 4.78 is 30.7. The maximum Gasteiger partial charge on any atom is 0.472 e. The molecule has 0 saturated carbocycles. The molecule has 0 aromatic rings. The lowest BCUT2D eigenvalue weighted by Crippen LogP contribution is -2.47. The molecule has 10 heteroatoms. The monoisotopic (exact) mass is 1080 g/mol. The van der Waals surface area contributed by atoms with Crippen molar-refractivity contribution in [3.05, 3.63) is 85.1 Å². The second kappa shape index (κ2) is 55.5. The van der Waals surface area contributed by atoms with Gasteiger partial charge in [-0.3, -0.25) is 18.6 Å². The number of unbranched alkanes of at least 4 members (excludes halogenated alkanes) is 28. The van der Waals surface area contributed by atoms with Crippen LogP contribution in [0.3, 0.4) is 0 Å². The average Bonchev–Trinajstić information content (AvgIpc) is 3.38. The van der Waals surface area contributed by atoms with Gasteiger partial charge in [0.15, 0.2) is 0 Å². The van der Waals surface area contributed by atoms with Gasteiger partial charge in [0, 0.05) is 12.8 Å². The molecular formula is C66H120N2O7P+.